The second-order valence-corrected chi connectivity index (χ2v) is 5.11. The zero-order valence-corrected chi connectivity index (χ0v) is 11.0. The topological polar surface area (TPSA) is 33.1 Å². The Morgan fingerprint density at radius 1 is 1.53 bits per heavy atom. The molecule has 1 aromatic rings. The molecule has 1 atom stereocenters. The third-order valence-corrected chi connectivity index (χ3v) is 3.58. The van der Waals surface area contributed by atoms with Crippen molar-refractivity contribution in [1.82, 2.24) is 19.8 Å². The summed E-state index contributed by atoms with van der Waals surface area (Å²) in [5, 5.41) is 3.59. The van der Waals surface area contributed by atoms with E-state index < -0.39 is 0 Å². The molecule has 0 bridgehead atoms. The Labute approximate surface area is 104 Å². The van der Waals surface area contributed by atoms with Crippen LogP contribution in [-0.2, 0) is 13.5 Å². The number of nitrogens with zero attached hydrogens (tertiary/aromatic N) is 3. The van der Waals surface area contributed by atoms with E-state index in [-0.39, 0.29) is 0 Å². The molecule has 17 heavy (non-hydrogen) atoms. The summed E-state index contributed by atoms with van der Waals surface area (Å²) in [7, 11) is 4.27. The zero-order chi connectivity index (χ0) is 12.1. The molecule has 1 unspecified atom stereocenters. The summed E-state index contributed by atoms with van der Waals surface area (Å²) in [6, 6.07) is 0.690. The van der Waals surface area contributed by atoms with Crippen molar-refractivity contribution in [2.45, 2.75) is 31.7 Å². The Morgan fingerprint density at radius 2 is 2.41 bits per heavy atom. The summed E-state index contributed by atoms with van der Waals surface area (Å²) >= 11 is 0. The lowest BCUT2D eigenvalue weighted by molar-refractivity contribution is 0.263. The summed E-state index contributed by atoms with van der Waals surface area (Å²) in [6.45, 7) is 3.44. The number of imidazole rings is 1. The van der Waals surface area contributed by atoms with Gasteiger partial charge in [0, 0.05) is 45.0 Å². The standard InChI is InChI=1S/C13H24N4/c1-16(11-12-5-3-4-7-14-12)9-6-13-15-8-10-17(13)2/h8,10,12,14H,3-7,9,11H2,1-2H3. The molecule has 96 valence electrons. The van der Waals surface area contributed by atoms with Crippen LogP contribution in [0.4, 0.5) is 0 Å². The van der Waals surface area contributed by atoms with Gasteiger partial charge in [0.1, 0.15) is 5.82 Å². The first-order valence-electron chi connectivity index (χ1n) is 6.64. The molecule has 1 fully saturated rings. The van der Waals surface area contributed by atoms with Crippen LogP contribution in [0.15, 0.2) is 12.4 Å². The van der Waals surface area contributed by atoms with Crippen LogP contribution in [0.25, 0.3) is 0 Å². The normalized spacial score (nSPS) is 21.0. The van der Waals surface area contributed by atoms with Crippen molar-refractivity contribution in [3.05, 3.63) is 18.2 Å². The van der Waals surface area contributed by atoms with Gasteiger partial charge in [-0.25, -0.2) is 4.98 Å². The minimum Gasteiger partial charge on any atom is -0.338 e. The average Bonchev–Trinajstić information content (AvgIpc) is 2.74. The largest absolute Gasteiger partial charge is 0.338 e. The van der Waals surface area contributed by atoms with Crippen LogP contribution < -0.4 is 5.32 Å². The van der Waals surface area contributed by atoms with Gasteiger partial charge in [-0.2, -0.15) is 0 Å². The molecule has 1 saturated heterocycles. The maximum Gasteiger partial charge on any atom is 0.109 e. The van der Waals surface area contributed by atoms with E-state index in [1.54, 1.807) is 0 Å². The lowest BCUT2D eigenvalue weighted by atomic mass is 10.0. The molecule has 2 rings (SSSR count). The number of likely N-dealkylation sites (N-methyl/N-ethyl adjacent to an activating group) is 1. The highest BCUT2D eigenvalue weighted by molar-refractivity contribution is 4.91. The lowest BCUT2D eigenvalue weighted by Crippen LogP contribution is -2.42. The molecule has 0 aromatic carbocycles. The SMILES string of the molecule is CN(CCc1nccn1C)CC1CCCCN1. The van der Waals surface area contributed by atoms with Crippen LogP contribution >= 0.6 is 0 Å². The number of rotatable bonds is 5. The molecule has 0 aliphatic carbocycles. The number of nitrogens with one attached hydrogen (secondary N) is 1. The molecule has 1 aromatic heterocycles. The molecule has 4 nitrogen and oxygen atoms in total. The van der Waals surface area contributed by atoms with Crippen LogP contribution in [-0.4, -0.2) is 47.2 Å². The van der Waals surface area contributed by atoms with E-state index in [0.717, 1.165) is 19.5 Å². The molecule has 0 saturated carbocycles. The Bertz CT molecular complexity index is 328. The van der Waals surface area contributed by atoms with Crippen molar-refractivity contribution in [3.63, 3.8) is 0 Å². The van der Waals surface area contributed by atoms with Crippen LogP contribution in [0.5, 0.6) is 0 Å². The van der Waals surface area contributed by atoms with Crippen molar-refractivity contribution in [1.29, 1.82) is 0 Å². The van der Waals surface area contributed by atoms with E-state index in [0.29, 0.717) is 6.04 Å². The van der Waals surface area contributed by atoms with E-state index in [9.17, 15) is 0 Å². The van der Waals surface area contributed by atoms with E-state index in [1.165, 1.54) is 31.6 Å². The second-order valence-electron chi connectivity index (χ2n) is 5.11. The molecule has 4 heteroatoms. The number of aromatic nitrogens is 2. The van der Waals surface area contributed by atoms with Gasteiger partial charge in [-0.05, 0) is 26.4 Å². The first-order chi connectivity index (χ1) is 8.25. The minimum atomic E-state index is 0.690. The van der Waals surface area contributed by atoms with Crippen LogP contribution in [0.3, 0.4) is 0 Å². The summed E-state index contributed by atoms with van der Waals surface area (Å²) in [5.74, 6) is 1.17. The molecule has 1 aliphatic rings. The van der Waals surface area contributed by atoms with Gasteiger partial charge in [0.15, 0.2) is 0 Å². The highest BCUT2D eigenvalue weighted by Crippen LogP contribution is 2.08. The number of aryl methyl sites for hydroxylation is 1. The predicted molar refractivity (Wildman–Crippen MR) is 70.1 cm³/mol. The fourth-order valence-electron chi connectivity index (χ4n) is 2.48. The van der Waals surface area contributed by atoms with E-state index >= 15 is 0 Å². The molecule has 1 aliphatic heterocycles. The maximum absolute atomic E-state index is 4.36. The molecule has 0 radical (unpaired) electrons. The first-order valence-corrected chi connectivity index (χ1v) is 6.64. The van der Waals surface area contributed by atoms with E-state index in [4.69, 9.17) is 0 Å². The zero-order valence-electron chi connectivity index (χ0n) is 11.0. The van der Waals surface area contributed by atoms with Crippen molar-refractivity contribution in [2.75, 3.05) is 26.7 Å². The van der Waals surface area contributed by atoms with Crippen molar-refractivity contribution in [3.8, 4) is 0 Å². The second kappa shape index (κ2) is 6.17. The Kier molecular flexibility index (Phi) is 4.57. The third-order valence-electron chi connectivity index (χ3n) is 3.58. The molecule has 0 spiro atoms. The van der Waals surface area contributed by atoms with Gasteiger partial charge in [-0.3, -0.25) is 0 Å². The highest BCUT2D eigenvalue weighted by Gasteiger charge is 2.14. The summed E-state index contributed by atoms with van der Waals surface area (Å²) in [6.07, 6.45) is 8.97. The molecular formula is C13H24N4. The van der Waals surface area contributed by atoms with Crippen LogP contribution in [0.1, 0.15) is 25.1 Å². The monoisotopic (exact) mass is 236 g/mol. The van der Waals surface area contributed by atoms with Crippen LogP contribution in [0.2, 0.25) is 0 Å². The number of hydrogen-bond acceptors (Lipinski definition) is 3. The fraction of sp³-hybridized carbons (Fsp3) is 0.769. The highest BCUT2D eigenvalue weighted by atomic mass is 15.1. The van der Waals surface area contributed by atoms with Gasteiger partial charge >= 0.3 is 0 Å². The quantitative estimate of drug-likeness (QED) is 0.829. The van der Waals surface area contributed by atoms with Crippen molar-refractivity contribution < 1.29 is 0 Å². The van der Waals surface area contributed by atoms with E-state index in [1.807, 2.05) is 12.4 Å². The first kappa shape index (κ1) is 12.6. The third kappa shape index (κ3) is 3.82. The van der Waals surface area contributed by atoms with E-state index in [2.05, 4.69) is 33.9 Å². The maximum atomic E-state index is 4.36. The number of piperidine rings is 1. The molecule has 1 N–H and O–H groups in total. The van der Waals surface area contributed by atoms with Crippen LogP contribution in [0, 0.1) is 0 Å². The fourth-order valence-corrected chi connectivity index (χ4v) is 2.48. The minimum absolute atomic E-state index is 0.690. The van der Waals surface area contributed by atoms with Gasteiger partial charge < -0.3 is 14.8 Å². The molecule has 2 heterocycles. The van der Waals surface area contributed by atoms with Gasteiger partial charge in [0.05, 0.1) is 0 Å². The Morgan fingerprint density at radius 3 is 3.06 bits per heavy atom. The molecule has 0 amide bonds. The van der Waals surface area contributed by atoms with Gasteiger partial charge in [0.2, 0.25) is 0 Å². The predicted octanol–water partition coefficient (Wildman–Crippen LogP) is 1.04. The molecular weight excluding hydrogens is 212 g/mol. The van der Waals surface area contributed by atoms with Gasteiger partial charge in [0.25, 0.3) is 0 Å². The number of hydrogen-bond donors (Lipinski definition) is 1. The summed E-state index contributed by atoms with van der Waals surface area (Å²) < 4.78 is 2.10. The summed E-state index contributed by atoms with van der Waals surface area (Å²) in [4.78, 5) is 6.77. The summed E-state index contributed by atoms with van der Waals surface area (Å²) in [5.41, 5.74) is 0. The van der Waals surface area contributed by atoms with Crippen molar-refractivity contribution in [2.24, 2.45) is 7.05 Å². The smallest absolute Gasteiger partial charge is 0.109 e. The lowest BCUT2D eigenvalue weighted by Gasteiger charge is -2.28. The Balaban J connectivity index is 1.70. The van der Waals surface area contributed by atoms with Gasteiger partial charge in [-0.1, -0.05) is 6.42 Å². The Hall–Kier alpha value is -0.870. The average molecular weight is 236 g/mol. The van der Waals surface area contributed by atoms with Gasteiger partial charge in [-0.15, -0.1) is 0 Å². The van der Waals surface area contributed by atoms with Crippen molar-refractivity contribution >= 4 is 0 Å².